The Hall–Kier alpha value is -1.37. The van der Waals surface area contributed by atoms with E-state index in [9.17, 15) is 22.0 Å². The topological polar surface area (TPSA) is 35.2 Å². The second kappa shape index (κ2) is 5.79. The first-order chi connectivity index (χ1) is 9.66. The molecule has 1 atom stereocenters. The molecule has 1 fully saturated rings. The Morgan fingerprint density at radius 2 is 1.81 bits per heavy atom. The van der Waals surface area contributed by atoms with E-state index in [1.807, 2.05) is 0 Å². The third-order valence-electron chi connectivity index (χ3n) is 3.75. The molecule has 0 radical (unpaired) electrons. The van der Waals surface area contributed by atoms with Gasteiger partial charge in [-0.1, -0.05) is 12.1 Å². The number of halogens is 5. The van der Waals surface area contributed by atoms with Gasteiger partial charge in [0.2, 0.25) is 5.92 Å². The van der Waals surface area contributed by atoms with Gasteiger partial charge in [-0.25, -0.2) is 8.78 Å². The number of ether oxygens (including phenoxy) is 1. The smallest absolute Gasteiger partial charge is 0.406 e. The molecule has 1 unspecified atom stereocenters. The maximum absolute atomic E-state index is 13.1. The molecule has 0 saturated heterocycles. The predicted octanol–water partition coefficient (Wildman–Crippen LogP) is 4.41. The summed E-state index contributed by atoms with van der Waals surface area (Å²) in [4.78, 5) is 0. The quantitative estimate of drug-likeness (QED) is 0.839. The lowest BCUT2D eigenvalue weighted by molar-refractivity contribution is -0.274. The summed E-state index contributed by atoms with van der Waals surface area (Å²) in [6.07, 6.45) is -4.71. The Balaban J connectivity index is 2.06. The van der Waals surface area contributed by atoms with Crippen LogP contribution in [-0.2, 0) is 0 Å². The summed E-state index contributed by atoms with van der Waals surface area (Å²) in [7, 11) is 0. The molecular formula is C14H16F5NO. The molecule has 0 aromatic heterocycles. The Labute approximate surface area is 119 Å². The van der Waals surface area contributed by atoms with Crippen molar-refractivity contribution in [2.45, 2.75) is 44.0 Å². The summed E-state index contributed by atoms with van der Waals surface area (Å²) in [5, 5.41) is 0. The van der Waals surface area contributed by atoms with E-state index < -0.39 is 18.3 Å². The molecule has 1 saturated carbocycles. The maximum Gasteiger partial charge on any atom is 0.573 e. The summed E-state index contributed by atoms with van der Waals surface area (Å²) in [6.45, 7) is 0. The Kier molecular flexibility index (Phi) is 4.41. The van der Waals surface area contributed by atoms with Crippen molar-refractivity contribution >= 4 is 0 Å². The molecule has 1 aromatic carbocycles. The van der Waals surface area contributed by atoms with Crippen molar-refractivity contribution in [2.75, 3.05) is 0 Å². The molecule has 1 aliphatic rings. The first-order valence-corrected chi connectivity index (χ1v) is 6.65. The molecule has 2 nitrogen and oxygen atoms in total. The molecule has 2 rings (SSSR count). The van der Waals surface area contributed by atoms with Crippen LogP contribution in [0.4, 0.5) is 22.0 Å². The highest BCUT2D eigenvalue weighted by Gasteiger charge is 2.37. The summed E-state index contributed by atoms with van der Waals surface area (Å²) in [5.74, 6) is -3.17. The van der Waals surface area contributed by atoms with Gasteiger partial charge in [0, 0.05) is 18.9 Å². The molecule has 0 bridgehead atoms. The number of hydrogen-bond donors (Lipinski definition) is 1. The van der Waals surface area contributed by atoms with Gasteiger partial charge in [-0.05, 0) is 36.5 Å². The van der Waals surface area contributed by atoms with Crippen LogP contribution in [0.1, 0.15) is 37.3 Å². The van der Waals surface area contributed by atoms with Crippen LogP contribution in [0.25, 0.3) is 0 Å². The number of alkyl halides is 5. The van der Waals surface area contributed by atoms with E-state index in [1.165, 1.54) is 18.2 Å². The van der Waals surface area contributed by atoms with Crippen molar-refractivity contribution in [3.8, 4) is 5.75 Å². The lowest BCUT2D eigenvalue weighted by atomic mass is 9.80. The lowest BCUT2D eigenvalue weighted by Crippen LogP contribution is -2.31. The van der Waals surface area contributed by atoms with Crippen LogP contribution in [0.15, 0.2) is 24.3 Å². The van der Waals surface area contributed by atoms with Crippen LogP contribution in [0.2, 0.25) is 0 Å². The molecule has 2 N–H and O–H groups in total. The standard InChI is InChI=1S/C14H16F5NO/c15-13(16)6-4-9(5-7-13)12(20)10-2-1-3-11(8-10)21-14(17,18)19/h1-3,8-9,12H,4-7,20H2. The van der Waals surface area contributed by atoms with Crippen molar-refractivity contribution in [3.05, 3.63) is 29.8 Å². The average molecular weight is 309 g/mol. The van der Waals surface area contributed by atoms with Gasteiger partial charge in [0.1, 0.15) is 5.75 Å². The monoisotopic (exact) mass is 309 g/mol. The van der Waals surface area contributed by atoms with E-state index in [-0.39, 0.29) is 37.4 Å². The van der Waals surface area contributed by atoms with Crippen molar-refractivity contribution in [3.63, 3.8) is 0 Å². The molecule has 1 aliphatic carbocycles. The van der Waals surface area contributed by atoms with Gasteiger partial charge < -0.3 is 10.5 Å². The van der Waals surface area contributed by atoms with Crippen LogP contribution < -0.4 is 10.5 Å². The SMILES string of the molecule is NC(c1cccc(OC(F)(F)F)c1)C1CCC(F)(F)CC1. The van der Waals surface area contributed by atoms with Gasteiger partial charge in [0.25, 0.3) is 0 Å². The zero-order valence-corrected chi connectivity index (χ0v) is 11.2. The highest BCUT2D eigenvalue weighted by Crippen LogP contribution is 2.41. The minimum atomic E-state index is -4.77. The second-order valence-corrected chi connectivity index (χ2v) is 5.34. The summed E-state index contributed by atoms with van der Waals surface area (Å²) < 4.78 is 66.6. The average Bonchev–Trinajstić information content (AvgIpc) is 2.36. The third-order valence-corrected chi connectivity index (χ3v) is 3.75. The molecular weight excluding hydrogens is 293 g/mol. The van der Waals surface area contributed by atoms with Gasteiger partial charge in [-0.3, -0.25) is 0 Å². The molecule has 0 spiro atoms. The van der Waals surface area contributed by atoms with Crippen molar-refractivity contribution in [1.29, 1.82) is 0 Å². The van der Waals surface area contributed by atoms with Gasteiger partial charge in [0.15, 0.2) is 0 Å². The highest BCUT2D eigenvalue weighted by atomic mass is 19.4. The zero-order chi connectivity index (χ0) is 15.7. The Bertz CT molecular complexity index is 478. The fraction of sp³-hybridized carbons (Fsp3) is 0.571. The van der Waals surface area contributed by atoms with E-state index in [4.69, 9.17) is 5.73 Å². The second-order valence-electron chi connectivity index (χ2n) is 5.34. The largest absolute Gasteiger partial charge is 0.573 e. The Morgan fingerprint density at radius 3 is 2.38 bits per heavy atom. The first kappa shape index (κ1) is 16.0. The minimum Gasteiger partial charge on any atom is -0.406 e. The zero-order valence-electron chi connectivity index (χ0n) is 11.2. The van der Waals surface area contributed by atoms with Crippen molar-refractivity contribution in [2.24, 2.45) is 11.7 Å². The molecule has 1 aromatic rings. The maximum atomic E-state index is 13.1. The molecule has 118 valence electrons. The van der Waals surface area contributed by atoms with Crippen molar-refractivity contribution in [1.82, 2.24) is 0 Å². The summed E-state index contributed by atoms with van der Waals surface area (Å²) >= 11 is 0. The number of nitrogens with two attached hydrogens (primary N) is 1. The summed E-state index contributed by atoms with van der Waals surface area (Å²) in [6, 6.07) is 4.82. The van der Waals surface area contributed by atoms with E-state index in [0.29, 0.717) is 5.56 Å². The predicted molar refractivity (Wildman–Crippen MR) is 67.0 cm³/mol. The van der Waals surface area contributed by atoms with Crippen molar-refractivity contribution < 1.29 is 26.7 Å². The van der Waals surface area contributed by atoms with E-state index >= 15 is 0 Å². The Morgan fingerprint density at radius 1 is 1.19 bits per heavy atom. The number of rotatable bonds is 3. The number of benzene rings is 1. The van der Waals surface area contributed by atoms with Crippen LogP contribution in [0.3, 0.4) is 0 Å². The fourth-order valence-electron chi connectivity index (χ4n) is 2.61. The van der Waals surface area contributed by atoms with Crippen LogP contribution in [0.5, 0.6) is 5.75 Å². The normalized spacial score (nSPS) is 21.0. The van der Waals surface area contributed by atoms with Crippen LogP contribution in [-0.4, -0.2) is 12.3 Å². The van der Waals surface area contributed by atoms with Gasteiger partial charge >= 0.3 is 6.36 Å². The fourth-order valence-corrected chi connectivity index (χ4v) is 2.61. The molecule has 0 heterocycles. The van der Waals surface area contributed by atoms with E-state index in [2.05, 4.69) is 4.74 Å². The molecule has 0 amide bonds. The first-order valence-electron chi connectivity index (χ1n) is 6.65. The van der Waals surface area contributed by atoms with E-state index in [0.717, 1.165) is 0 Å². The lowest BCUT2D eigenvalue weighted by Gasteiger charge is -2.32. The van der Waals surface area contributed by atoms with Gasteiger partial charge in [-0.2, -0.15) is 0 Å². The molecule has 0 aliphatic heterocycles. The molecule has 21 heavy (non-hydrogen) atoms. The minimum absolute atomic E-state index is 0.161. The highest BCUT2D eigenvalue weighted by molar-refractivity contribution is 5.31. The van der Waals surface area contributed by atoms with E-state index in [1.54, 1.807) is 6.07 Å². The van der Waals surface area contributed by atoms with Crippen LogP contribution in [0, 0.1) is 5.92 Å². The van der Waals surface area contributed by atoms with Crippen LogP contribution >= 0.6 is 0 Å². The van der Waals surface area contributed by atoms with Gasteiger partial charge in [-0.15, -0.1) is 13.2 Å². The number of hydrogen-bond acceptors (Lipinski definition) is 2. The molecule has 7 heteroatoms. The van der Waals surface area contributed by atoms with Gasteiger partial charge in [0.05, 0.1) is 0 Å². The summed E-state index contributed by atoms with van der Waals surface area (Å²) in [5.41, 5.74) is 6.47. The third kappa shape index (κ3) is 4.56.